The predicted molar refractivity (Wildman–Crippen MR) is 121 cm³/mol. The first-order chi connectivity index (χ1) is 14.9. The molecule has 0 aliphatic carbocycles. The summed E-state index contributed by atoms with van der Waals surface area (Å²) >= 11 is 0. The maximum Gasteiger partial charge on any atom is 0.244 e. The predicted octanol–water partition coefficient (Wildman–Crippen LogP) is 3.99. The van der Waals surface area contributed by atoms with Gasteiger partial charge in [-0.2, -0.15) is 5.26 Å². The Morgan fingerprint density at radius 1 is 1.03 bits per heavy atom. The summed E-state index contributed by atoms with van der Waals surface area (Å²) in [5, 5.41) is 11.5. The van der Waals surface area contributed by atoms with Crippen LogP contribution in [-0.2, 0) is 11.3 Å². The Morgan fingerprint density at radius 2 is 1.77 bits per heavy atom. The molecule has 160 valence electrons. The highest BCUT2D eigenvalue weighted by molar-refractivity contribution is 5.91. The second-order valence-corrected chi connectivity index (χ2v) is 7.61. The Morgan fingerprint density at radius 3 is 2.42 bits per heavy atom. The molecule has 6 heteroatoms. The van der Waals surface area contributed by atoms with Crippen LogP contribution in [0.1, 0.15) is 22.7 Å². The van der Waals surface area contributed by atoms with Gasteiger partial charge >= 0.3 is 0 Å². The molecule has 0 bridgehead atoms. The lowest BCUT2D eigenvalue weighted by atomic mass is 9.98. The van der Waals surface area contributed by atoms with Crippen molar-refractivity contribution >= 4 is 16.7 Å². The lowest BCUT2D eigenvalue weighted by Crippen LogP contribution is -2.38. The van der Waals surface area contributed by atoms with Gasteiger partial charge in [0.05, 0.1) is 19.8 Å². The second kappa shape index (κ2) is 9.50. The highest BCUT2D eigenvalue weighted by Crippen LogP contribution is 2.33. The van der Waals surface area contributed by atoms with E-state index in [2.05, 4.69) is 6.07 Å². The highest BCUT2D eigenvalue weighted by atomic mass is 16.5. The molecule has 3 aromatic carbocycles. The average Bonchev–Trinajstić information content (AvgIpc) is 2.78. The van der Waals surface area contributed by atoms with Gasteiger partial charge in [-0.3, -0.25) is 9.69 Å². The van der Waals surface area contributed by atoms with Gasteiger partial charge in [-0.05, 0) is 48.6 Å². The van der Waals surface area contributed by atoms with Crippen LogP contribution >= 0.6 is 0 Å². The van der Waals surface area contributed by atoms with Crippen LogP contribution in [0.3, 0.4) is 0 Å². The van der Waals surface area contributed by atoms with Gasteiger partial charge in [0, 0.05) is 19.2 Å². The number of carbonyl (C=O) groups is 1. The van der Waals surface area contributed by atoms with Gasteiger partial charge in [0.2, 0.25) is 5.91 Å². The summed E-state index contributed by atoms with van der Waals surface area (Å²) in [4.78, 5) is 17.1. The molecule has 0 saturated carbocycles. The summed E-state index contributed by atoms with van der Waals surface area (Å²) in [6, 6.07) is 18.9. The Labute approximate surface area is 183 Å². The molecule has 0 aliphatic heterocycles. The molecule has 1 amide bonds. The Hall–Kier alpha value is -3.56. The maximum atomic E-state index is 13.5. The van der Waals surface area contributed by atoms with Crippen molar-refractivity contribution in [2.75, 3.05) is 35.4 Å². The van der Waals surface area contributed by atoms with E-state index < -0.39 is 6.04 Å². The lowest BCUT2D eigenvalue weighted by Gasteiger charge is -2.29. The van der Waals surface area contributed by atoms with E-state index in [1.54, 1.807) is 26.2 Å². The molecule has 0 heterocycles. The van der Waals surface area contributed by atoms with Gasteiger partial charge in [0.25, 0.3) is 0 Å². The van der Waals surface area contributed by atoms with Crippen molar-refractivity contribution in [2.24, 2.45) is 0 Å². The van der Waals surface area contributed by atoms with Crippen LogP contribution in [0.2, 0.25) is 0 Å². The largest absolute Gasteiger partial charge is 0.497 e. The number of hydrogen-bond acceptors (Lipinski definition) is 5. The van der Waals surface area contributed by atoms with E-state index in [-0.39, 0.29) is 5.91 Å². The van der Waals surface area contributed by atoms with Crippen LogP contribution in [0, 0.1) is 11.3 Å². The van der Waals surface area contributed by atoms with Gasteiger partial charge in [-0.25, -0.2) is 0 Å². The topological polar surface area (TPSA) is 65.8 Å². The van der Waals surface area contributed by atoms with Gasteiger partial charge in [0.15, 0.2) is 0 Å². The SMILES string of the molecule is COc1cccc(C(C(=O)N(C)Cc2c(OC)c(C#N)cc3ccccc23)N(C)C)c1. The quantitative estimate of drug-likeness (QED) is 0.582. The Bertz CT molecular complexity index is 1130. The van der Waals surface area contributed by atoms with Crippen LogP contribution in [0.5, 0.6) is 11.5 Å². The Balaban J connectivity index is 2.01. The van der Waals surface area contributed by atoms with Crippen LogP contribution in [-0.4, -0.2) is 51.1 Å². The fourth-order valence-electron chi connectivity index (χ4n) is 3.87. The van der Waals surface area contributed by atoms with Crippen LogP contribution < -0.4 is 9.47 Å². The number of likely N-dealkylation sites (N-methyl/N-ethyl adjacent to an activating group) is 2. The minimum absolute atomic E-state index is 0.0632. The standard InChI is InChI=1S/C25H27N3O3/c1-27(2)23(18-10-8-11-20(14-18)30-4)25(29)28(3)16-22-21-12-7-6-9-17(21)13-19(15-26)24(22)31-5/h6-14,23H,16H2,1-5H3. The average molecular weight is 418 g/mol. The summed E-state index contributed by atoms with van der Waals surface area (Å²) in [7, 11) is 8.68. The smallest absolute Gasteiger partial charge is 0.244 e. The molecule has 31 heavy (non-hydrogen) atoms. The lowest BCUT2D eigenvalue weighted by molar-refractivity contribution is -0.135. The third-order valence-corrected chi connectivity index (χ3v) is 5.36. The fraction of sp³-hybridized carbons (Fsp3) is 0.280. The molecule has 0 aromatic heterocycles. The number of nitrogens with zero attached hydrogens (tertiary/aromatic N) is 3. The van der Waals surface area contributed by atoms with Crippen LogP contribution in [0.4, 0.5) is 0 Å². The molecule has 0 saturated heterocycles. The van der Waals surface area contributed by atoms with E-state index in [0.717, 1.165) is 21.9 Å². The minimum atomic E-state index is -0.475. The number of fused-ring (bicyclic) bond motifs is 1. The van der Waals surface area contributed by atoms with E-state index in [4.69, 9.17) is 9.47 Å². The van der Waals surface area contributed by atoms with Crippen molar-refractivity contribution in [1.82, 2.24) is 9.80 Å². The molecule has 0 radical (unpaired) electrons. The van der Waals surface area contributed by atoms with E-state index in [1.807, 2.05) is 73.6 Å². The van der Waals surface area contributed by atoms with Crippen LogP contribution in [0.25, 0.3) is 10.8 Å². The summed E-state index contributed by atoms with van der Waals surface area (Å²) in [5.41, 5.74) is 2.12. The molecule has 3 rings (SSSR count). The molecular formula is C25H27N3O3. The molecule has 0 aliphatic rings. The normalized spacial score (nSPS) is 11.8. The van der Waals surface area contributed by atoms with Gasteiger partial charge in [0.1, 0.15) is 23.6 Å². The van der Waals surface area contributed by atoms with Gasteiger partial charge < -0.3 is 14.4 Å². The highest BCUT2D eigenvalue weighted by Gasteiger charge is 2.28. The van der Waals surface area contributed by atoms with Crippen molar-refractivity contribution in [1.29, 1.82) is 5.26 Å². The Kier molecular flexibility index (Phi) is 6.78. The maximum absolute atomic E-state index is 13.5. The number of carbonyl (C=O) groups excluding carboxylic acids is 1. The molecule has 0 fully saturated rings. The molecule has 3 aromatic rings. The van der Waals surface area contributed by atoms with E-state index in [1.165, 1.54) is 0 Å². The summed E-state index contributed by atoms with van der Waals surface area (Å²) in [6.45, 7) is 0.312. The third kappa shape index (κ3) is 4.47. The molecule has 6 nitrogen and oxygen atoms in total. The van der Waals surface area contributed by atoms with Gasteiger partial charge in [-0.1, -0.05) is 36.4 Å². The molecule has 0 N–H and O–H groups in total. The van der Waals surface area contributed by atoms with Crippen molar-refractivity contribution in [3.8, 4) is 17.6 Å². The van der Waals surface area contributed by atoms with Crippen molar-refractivity contribution in [3.63, 3.8) is 0 Å². The van der Waals surface area contributed by atoms with Crippen molar-refractivity contribution < 1.29 is 14.3 Å². The first-order valence-corrected chi connectivity index (χ1v) is 9.95. The summed E-state index contributed by atoms with van der Waals surface area (Å²) < 4.78 is 10.9. The summed E-state index contributed by atoms with van der Waals surface area (Å²) in [6.07, 6.45) is 0. The zero-order valence-electron chi connectivity index (χ0n) is 18.5. The fourth-order valence-corrected chi connectivity index (χ4v) is 3.87. The molecular weight excluding hydrogens is 390 g/mol. The zero-order chi connectivity index (χ0) is 22.5. The monoisotopic (exact) mass is 417 g/mol. The van der Waals surface area contributed by atoms with Crippen LogP contribution in [0.15, 0.2) is 54.6 Å². The number of methoxy groups -OCH3 is 2. The number of amides is 1. The van der Waals surface area contributed by atoms with E-state index in [0.29, 0.717) is 23.6 Å². The third-order valence-electron chi connectivity index (χ3n) is 5.36. The second-order valence-electron chi connectivity index (χ2n) is 7.61. The first kappa shape index (κ1) is 22.1. The number of nitriles is 1. The van der Waals surface area contributed by atoms with Crippen molar-refractivity contribution in [3.05, 3.63) is 71.3 Å². The number of benzene rings is 3. The van der Waals surface area contributed by atoms with Gasteiger partial charge in [-0.15, -0.1) is 0 Å². The summed E-state index contributed by atoms with van der Waals surface area (Å²) in [5.74, 6) is 1.14. The van der Waals surface area contributed by atoms with E-state index >= 15 is 0 Å². The molecule has 1 unspecified atom stereocenters. The number of ether oxygens (including phenoxy) is 2. The number of hydrogen-bond donors (Lipinski definition) is 0. The molecule has 0 spiro atoms. The van der Waals surface area contributed by atoms with E-state index in [9.17, 15) is 10.1 Å². The number of rotatable bonds is 7. The zero-order valence-corrected chi connectivity index (χ0v) is 18.5. The molecule has 1 atom stereocenters. The first-order valence-electron chi connectivity index (χ1n) is 9.95. The van der Waals surface area contributed by atoms with Crippen molar-refractivity contribution in [2.45, 2.75) is 12.6 Å². The minimum Gasteiger partial charge on any atom is -0.497 e.